The summed E-state index contributed by atoms with van der Waals surface area (Å²) in [7, 11) is 0. The third-order valence-corrected chi connectivity index (χ3v) is 3.80. The Balaban J connectivity index is 2.00. The lowest BCUT2D eigenvalue weighted by Gasteiger charge is -1.96. The summed E-state index contributed by atoms with van der Waals surface area (Å²) in [5, 5.41) is 3.90. The first-order valence-corrected chi connectivity index (χ1v) is 6.83. The zero-order valence-corrected chi connectivity index (χ0v) is 12.3. The molecule has 0 saturated carbocycles. The molecule has 0 bridgehead atoms. The lowest BCUT2D eigenvalue weighted by molar-refractivity contribution is 0.0953. The fraction of sp³-hybridized carbons (Fsp3) is 0.167. The van der Waals surface area contributed by atoms with Gasteiger partial charge in [-0.25, -0.2) is 5.43 Å². The maximum Gasteiger partial charge on any atom is 0.274 e. The van der Waals surface area contributed by atoms with E-state index in [1.165, 1.54) is 0 Å². The van der Waals surface area contributed by atoms with Crippen molar-refractivity contribution in [2.24, 2.45) is 5.10 Å². The molecule has 1 N–H and O–H groups in total. The summed E-state index contributed by atoms with van der Waals surface area (Å²) in [5.74, 6) is 1.04. The minimum Gasteiger partial charge on any atom is -0.466 e. The van der Waals surface area contributed by atoms with Gasteiger partial charge in [-0.15, -0.1) is 11.3 Å². The van der Waals surface area contributed by atoms with Gasteiger partial charge in [0.15, 0.2) is 0 Å². The van der Waals surface area contributed by atoms with Crippen molar-refractivity contribution >= 4 is 39.4 Å². The molecule has 0 fully saturated rings. The van der Waals surface area contributed by atoms with Crippen molar-refractivity contribution in [2.75, 3.05) is 0 Å². The number of aryl methyl sites for hydroxylation is 2. The van der Waals surface area contributed by atoms with Gasteiger partial charge in [-0.05, 0) is 48.0 Å². The van der Waals surface area contributed by atoms with Gasteiger partial charge >= 0.3 is 0 Å². The van der Waals surface area contributed by atoms with Gasteiger partial charge in [0.05, 0.1) is 15.6 Å². The standard InChI is InChI=1S/C12H11BrN2O2S/c1-7-5-10(8(2)17-7)12(16)15-14-6-9-3-4-11(13)18-9/h3-6H,1-2H3,(H,15,16)/b14-6+. The lowest BCUT2D eigenvalue weighted by atomic mass is 10.2. The molecule has 0 unspecified atom stereocenters. The average molecular weight is 327 g/mol. The van der Waals surface area contributed by atoms with Gasteiger partial charge in [0, 0.05) is 4.88 Å². The van der Waals surface area contributed by atoms with Crippen LogP contribution in [0.15, 0.2) is 31.5 Å². The molecule has 2 aromatic rings. The second-order valence-corrected chi connectivity index (χ2v) is 6.16. The fourth-order valence-electron chi connectivity index (χ4n) is 1.47. The number of hydrogen-bond donors (Lipinski definition) is 1. The topological polar surface area (TPSA) is 54.6 Å². The van der Waals surface area contributed by atoms with Gasteiger partial charge in [-0.3, -0.25) is 4.79 Å². The second-order valence-electron chi connectivity index (χ2n) is 3.67. The van der Waals surface area contributed by atoms with E-state index < -0.39 is 0 Å². The summed E-state index contributed by atoms with van der Waals surface area (Å²) in [6, 6.07) is 5.54. The predicted molar refractivity (Wildman–Crippen MR) is 75.3 cm³/mol. The van der Waals surface area contributed by atoms with E-state index in [-0.39, 0.29) is 5.91 Å². The van der Waals surface area contributed by atoms with Crippen molar-refractivity contribution in [2.45, 2.75) is 13.8 Å². The number of amides is 1. The van der Waals surface area contributed by atoms with Crippen LogP contribution in [0.2, 0.25) is 0 Å². The quantitative estimate of drug-likeness (QED) is 0.693. The van der Waals surface area contributed by atoms with Crippen LogP contribution < -0.4 is 5.43 Å². The number of halogens is 1. The Morgan fingerprint density at radius 3 is 2.83 bits per heavy atom. The summed E-state index contributed by atoms with van der Waals surface area (Å²) in [6.07, 6.45) is 1.61. The number of hydrazone groups is 1. The molecule has 0 aliphatic carbocycles. The van der Waals surface area contributed by atoms with E-state index >= 15 is 0 Å². The minimum absolute atomic E-state index is 0.267. The Hall–Kier alpha value is -1.40. The van der Waals surface area contributed by atoms with E-state index in [1.807, 2.05) is 12.1 Å². The molecule has 94 valence electrons. The predicted octanol–water partition coefficient (Wildman–Crippen LogP) is 3.48. The van der Waals surface area contributed by atoms with E-state index in [9.17, 15) is 4.79 Å². The molecule has 2 rings (SSSR count). The van der Waals surface area contributed by atoms with Crippen LogP contribution in [-0.2, 0) is 0 Å². The van der Waals surface area contributed by atoms with Gasteiger partial charge in [0.25, 0.3) is 5.91 Å². The van der Waals surface area contributed by atoms with E-state index in [1.54, 1.807) is 37.5 Å². The molecule has 4 nitrogen and oxygen atoms in total. The lowest BCUT2D eigenvalue weighted by Crippen LogP contribution is -2.17. The number of hydrogen-bond acceptors (Lipinski definition) is 4. The number of carbonyl (C=O) groups excluding carboxylic acids is 1. The average Bonchev–Trinajstić information content (AvgIpc) is 2.85. The van der Waals surface area contributed by atoms with E-state index in [4.69, 9.17) is 4.42 Å². The van der Waals surface area contributed by atoms with E-state index in [0.29, 0.717) is 17.1 Å². The van der Waals surface area contributed by atoms with Crippen LogP contribution in [0.1, 0.15) is 26.8 Å². The Morgan fingerprint density at radius 1 is 1.50 bits per heavy atom. The maximum atomic E-state index is 11.8. The molecule has 0 spiro atoms. The molecule has 0 atom stereocenters. The van der Waals surface area contributed by atoms with E-state index in [2.05, 4.69) is 26.5 Å². The highest BCUT2D eigenvalue weighted by atomic mass is 79.9. The van der Waals surface area contributed by atoms with E-state index in [0.717, 1.165) is 8.66 Å². The zero-order valence-electron chi connectivity index (χ0n) is 9.86. The van der Waals surface area contributed by atoms with Gasteiger partial charge in [-0.1, -0.05) is 0 Å². The summed E-state index contributed by atoms with van der Waals surface area (Å²) in [5.41, 5.74) is 2.98. The zero-order chi connectivity index (χ0) is 13.1. The summed E-state index contributed by atoms with van der Waals surface area (Å²) < 4.78 is 6.31. The maximum absolute atomic E-state index is 11.8. The SMILES string of the molecule is Cc1cc(C(=O)N/N=C/c2ccc(Br)s2)c(C)o1. The molecule has 0 aromatic carbocycles. The van der Waals surface area contributed by atoms with Crippen LogP contribution in [0.25, 0.3) is 0 Å². The van der Waals surface area contributed by atoms with Crippen molar-refractivity contribution < 1.29 is 9.21 Å². The molecule has 2 aromatic heterocycles. The van der Waals surface area contributed by atoms with Crippen LogP contribution >= 0.6 is 27.3 Å². The minimum atomic E-state index is -0.267. The van der Waals surface area contributed by atoms with Gasteiger partial charge < -0.3 is 4.42 Å². The molecule has 0 aliphatic rings. The fourth-order valence-corrected chi connectivity index (χ4v) is 2.76. The van der Waals surface area contributed by atoms with Crippen LogP contribution in [0.5, 0.6) is 0 Å². The summed E-state index contributed by atoms with van der Waals surface area (Å²) >= 11 is 4.90. The number of nitrogens with one attached hydrogen (secondary N) is 1. The highest BCUT2D eigenvalue weighted by Gasteiger charge is 2.12. The van der Waals surface area contributed by atoms with Crippen molar-refractivity contribution in [3.63, 3.8) is 0 Å². The van der Waals surface area contributed by atoms with Crippen molar-refractivity contribution in [1.82, 2.24) is 5.43 Å². The molecule has 1 amide bonds. The Kier molecular flexibility index (Phi) is 3.98. The third kappa shape index (κ3) is 3.08. The summed E-state index contributed by atoms with van der Waals surface area (Å²) in [6.45, 7) is 3.55. The Bertz CT molecular complexity index is 601. The molecule has 18 heavy (non-hydrogen) atoms. The highest BCUT2D eigenvalue weighted by Crippen LogP contribution is 2.20. The number of furan rings is 1. The monoisotopic (exact) mass is 326 g/mol. The van der Waals surface area contributed by atoms with Crippen molar-refractivity contribution in [1.29, 1.82) is 0 Å². The van der Waals surface area contributed by atoms with Gasteiger partial charge in [-0.2, -0.15) is 5.10 Å². The number of nitrogens with zero attached hydrogens (tertiary/aromatic N) is 1. The Morgan fingerprint density at radius 2 is 2.28 bits per heavy atom. The first-order chi connectivity index (χ1) is 8.56. The molecule has 6 heteroatoms. The Labute approximate surface area is 117 Å². The van der Waals surface area contributed by atoms with Crippen LogP contribution in [0.4, 0.5) is 0 Å². The second kappa shape index (κ2) is 5.49. The molecule has 2 heterocycles. The smallest absolute Gasteiger partial charge is 0.274 e. The van der Waals surface area contributed by atoms with Gasteiger partial charge in [0.1, 0.15) is 11.5 Å². The van der Waals surface area contributed by atoms with Crippen LogP contribution in [-0.4, -0.2) is 12.1 Å². The largest absolute Gasteiger partial charge is 0.466 e. The van der Waals surface area contributed by atoms with Crippen molar-refractivity contribution in [3.05, 3.63) is 43.9 Å². The van der Waals surface area contributed by atoms with Gasteiger partial charge in [0.2, 0.25) is 0 Å². The third-order valence-electron chi connectivity index (χ3n) is 2.24. The van der Waals surface area contributed by atoms with Crippen LogP contribution in [0, 0.1) is 13.8 Å². The summed E-state index contributed by atoms with van der Waals surface area (Å²) in [4.78, 5) is 12.7. The first-order valence-electron chi connectivity index (χ1n) is 5.22. The van der Waals surface area contributed by atoms with Crippen LogP contribution in [0.3, 0.4) is 0 Å². The highest BCUT2D eigenvalue weighted by molar-refractivity contribution is 9.11. The molecular formula is C12H11BrN2O2S. The molecule has 0 saturated heterocycles. The number of thiophene rings is 1. The number of rotatable bonds is 3. The first kappa shape index (κ1) is 13.0. The number of carbonyl (C=O) groups is 1. The molecular weight excluding hydrogens is 316 g/mol. The molecule has 0 aliphatic heterocycles. The molecule has 0 radical (unpaired) electrons. The van der Waals surface area contributed by atoms with Crippen molar-refractivity contribution in [3.8, 4) is 0 Å². The normalized spacial score (nSPS) is 11.1.